The quantitative estimate of drug-likeness (QED) is 0.873. The fraction of sp³-hybridized carbons (Fsp3) is 0.300. The zero-order valence-corrected chi connectivity index (χ0v) is 12.6. The molecule has 0 unspecified atom stereocenters. The smallest absolute Gasteiger partial charge is 0.153 e. The van der Waals surface area contributed by atoms with Crippen LogP contribution < -0.4 is 10.6 Å². The van der Waals surface area contributed by atoms with Crippen LogP contribution in [0.1, 0.15) is 4.88 Å². The Hall–Kier alpha value is -0.430. The first-order valence-corrected chi connectivity index (χ1v) is 8.05. The highest BCUT2D eigenvalue weighted by Crippen LogP contribution is 2.37. The second kappa shape index (κ2) is 5.48. The van der Waals surface area contributed by atoms with E-state index in [4.69, 9.17) is 17.3 Å². The van der Waals surface area contributed by atoms with E-state index < -0.39 is 0 Å². The molecule has 2 heterocycles. The minimum Gasteiger partial charge on any atom is -0.382 e. The summed E-state index contributed by atoms with van der Waals surface area (Å²) in [6, 6.07) is 3.97. The van der Waals surface area contributed by atoms with Crippen LogP contribution in [-0.2, 0) is 6.54 Å². The third-order valence-electron chi connectivity index (χ3n) is 2.23. The number of nitrogen functional groups attached to an aromatic ring is 1. The van der Waals surface area contributed by atoms with Crippen LogP contribution in [0.5, 0.6) is 0 Å². The lowest BCUT2D eigenvalue weighted by atomic mass is 10.4. The first-order valence-electron chi connectivity index (χ1n) is 4.86. The van der Waals surface area contributed by atoms with E-state index in [0.29, 0.717) is 5.82 Å². The third kappa shape index (κ3) is 2.88. The summed E-state index contributed by atoms with van der Waals surface area (Å²) >= 11 is 10.6. The van der Waals surface area contributed by atoms with Gasteiger partial charge in [-0.15, -0.1) is 23.1 Å². The zero-order chi connectivity index (χ0) is 12.4. The third-order valence-corrected chi connectivity index (χ3v) is 5.36. The molecule has 0 spiro atoms. The van der Waals surface area contributed by atoms with E-state index in [0.717, 1.165) is 20.8 Å². The summed E-state index contributed by atoms with van der Waals surface area (Å²) in [5.41, 5.74) is 5.82. The van der Waals surface area contributed by atoms with Crippen LogP contribution in [0.15, 0.2) is 17.0 Å². The molecule has 0 radical (unpaired) electrons. The van der Waals surface area contributed by atoms with Crippen molar-refractivity contribution >= 4 is 57.1 Å². The van der Waals surface area contributed by atoms with Crippen molar-refractivity contribution in [2.45, 2.75) is 11.4 Å². The maximum Gasteiger partial charge on any atom is 0.153 e. The van der Waals surface area contributed by atoms with Gasteiger partial charge in [0, 0.05) is 11.9 Å². The summed E-state index contributed by atoms with van der Waals surface area (Å²) in [4.78, 5) is 4.44. The Labute approximate surface area is 118 Å². The van der Waals surface area contributed by atoms with Gasteiger partial charge in [-0.1, -0.05) is 11.6 Å². The van der Waals surface area contributed by atoms with Gasteiger partial charge in [0.1, 0.15) is 5.00 Å². The zero-order valence-electron chi connectivity index (χ0n) is 9.44. The molecule has 17 heavy (non-hydrogen) atoms. The van der Waals surface area contributed by atoms with Crippen molar-refractivity contribution < 1.29 is 0 Å². The Balaban J connectivity index is 2.16. The molecule has 0 saturated carbocycles. The molecule has 0 saturated heterocycles. The van der Waals surface area contributed by atoms with E-state index in [-0.39, 0.29) is 0 Å². The van der Waals surface area contributed by atoms with Gasteiger partial charge < -0.3 is 10.6 Å². The van der Waals surface area contributed by atoms with Crippen molar-refractivity contribution in [2.75, 3.05) is 23.9 Å². The molecule has 0 atom stereocenters. The molecule has 0 aliphatic rings. The van der Waals surface area contributed by atoms with E-state index in [9.17, 15) is 0 Å². The van der Waals surface area contributed by atoms with Crippen molar-refractivity contribution in [1.82, 2.24) is 4.37 Å². The number of aromatic nitrogens is 1. The molecule has 92 valence electrons. The largest absolute Gasteiger partial charge is 0.382 e. The SMILES string of the molecule is CSc1c(N)nsc1N(C)Cc1ccc(Cl)s1. The van der Waals surface area contributed by atoms with Crippen LogP contribution in [0.25, 0.3) is 0 Å². The standard InChI is InChI=1S/C10H12ClN3S3/c1-14(5-6-3-4-7(11)16-6)10-8(15-2)9(12)13-17-10/h3-4H,5H2,1-2H3,(H2,12,13). The average molecular weight is 306 g/mol. The number of hydrogen-bond acceptors (Lipinski definition) is 6. The molecule has 2 N–H and O–H groups in total. The molecule has 2 rings (SSSR count). The second-order valence-corrected chi connectivity index (χ2v) is 6.84. The van der Waals surface area contributed by atoms with Gasteiger partial charge in [0.25, 0.3) is 0 Å². The minimum atomic E-state index is 0.619. The molecular weight excluding hydrogens is 294 g/mol. The van der Waals surface area contributed by atoms with Gasteiger partial charge in [-0.05, 0) is 29.9 Å². The van der Waals surface area contributed by atoms with E-state index in [1.165, 1.54) is 16.4 Å². The Morgan fingerprint density at radius 3 is 2.88 bits per heavy atom. The highest BCUT2D eigenvalue weighted by atomic mass is 35.5. The lowest BCUT2D eigenvalue weighted by Gasteiger charge is -2.16. The summed E-state index contributed by atoms with van der Waals surface area (Å²) < 4.78 is 5.01. The summed E-state index contributed by atoms with van der Waals surface area (Å²) in [5.74, 6) is 0.619. The molecule has 7 heteroatoms. The normalized spacial score (nSPS) is 10.8. The Morgan fingerprint density at radius 1 is 1.53 bits per heavy atom. The van der Waals surface area contributed by atoms with E-state index in [1.54, 1.807) is 23.1 Å². The molecular formula is C10H12ClN3S3. The van der Waals surface area contributed by atoms with E-state index in [2.05, 4.69) is 9.27 Å². The van der Waals surface area contributed by atoms with Gasteiger partial charge >= 0.3 is 0 Å². The van der Waals surface area contributed by atoms with Gasteiger partial charge in [0.2, 0.25) is 0 Å². The number of halogens is 1. The minimum absolute atomic E-state index is 0.619. The Morgan fingerprint density at radius 2 is 2.29 bits per heavy atom. The number of hydrogen-bond donors (Lipinski definition) is 1. The Kier molecular flexibility index (Phi) is 4.19. The average Bonchev–Trinajstić information content (AvgIpc) is 2.84. The number of thiophene rings is 1. The molecule has 0 aromatic carbocycles. The maximum atomic E-state index is 5.92. The van der Waals surface area contributed by atoms with Crippen molar-refractivity contribution in [3.05, 3.63) is 21.3 Å². The number of nitrogens with zero attached hydrogens (tertiary/aromatic N) is 2. The summed E-state index contributed by atoms with van der Waals surface area (Å²) in [6.45, 7) is 0.826. The van der Waals surface area contributed by atoms with E-state index in [1.807, 2.05) is 25.4 Å². The molecule has 0 fully saturated rings. The van der Waals surface area contributed by atoms with Gasteiger partial charge in [0.05, 0.1) is 15.8 Å². The first kappa shape index (κ1) is 13.0. The highest BCUT2D eigenvalue weighted by molar-refractivity contribution is 7.99. The lowest BCUT2D eigenvalue weighted by Crippen LogP contribution is -2.14. The maximum absolute atomic E-state index is 5.92. The van der Waals surface area contributed by atoms with Crippen LogP contribution in [0.3, 0.4) is 0 Å². The van der Waals surface area contributed by atoms with Crippen molar-refractivity contribution in [2.24, 2.45) is 0 Å². The van der Waals surface area contributed by atoms with Crippen molar-refractivity contribution in [1.29, 1.82) is 0 Å². The van der Waals surface area contributed by atoms with Crippen LogP contribution in [-0.4, -0.2) is 17.7 Å². The molecule has 0 bridgehead atoms. The first-order chi connectivity index (χ1) is 8.11. The predicted octanol–water partition coefficient (Wildman–Crippen LogP) is 3.80. The summed E-state index contributed by atoms with van der Waals surface area (Å²) in [7, 11) is 2.04. The van der Waals surface area contributed by atoms with Gasteiger partial charge in [-0.2, -0.15) is 4.37 Å². The summed E-state index contributed by atoms with van der Waals surface area (Å²) in [5, 5.41) is 1.11. The summed E-state index contributed by atoms with van der Waals surface area (Å²) in [6.07, 6.45) is 2.01. The van der Waals surface area contributed by atoms with Crippen LogP contribution in [0, 0.1) is 0 Å². The highest BCUT2D eigenvalue weighted by Gasteiger charge is 2.15. The molecule has 0 aliphatic carbocycles. The molecule has 0 amide bonds. The van der Waals surface area contributed by atoms with Crippen LogP contribution >= 0.6 is 46.2 Å². The van der Waals surface area contributed by atoms with Crippen molar-refractivity contribution in [3.63, 3.8) is 0 Å². The monoisotopic (exact) mass is 305 g/mol. The van der Waals surface area contributed by atoms with Crippen LogP contribution in [0.2, 0.25) is 4.34 Å². The fourth-order valence-electron chi connectivity index (χ4n) is 1.46. The molecule has 2 aromatic rings. The Bertz CT molecular complexity index is 509. The predicted molar refractivity (Wildman–Crippen MR) is 79.7 cm³/mol. The molecule has 0 aliphatic heterocycles. The van der Waals surface area contributed by atoms with E-state index >= 15 is 0 Å². The lowest BCUT2D eigenvalue weighted by molar-refractivity contribution is 0.942. The number of nitrogens with two attached hydrogens (primary N) is 1. The van der Waals surface area contributed by atoms with Gasteiger partial charge in [-0.3, -0.25) is 0 Å². The number of rotatable bonds is 4. The fourth-order valence-corrected chi connectivity index (χ4v) is 4.28. The van der Waals surface area contributed by atoms with Gasteiger partial charge in [-0.25, -0.2) is 0 Å². The molecule has 3 nitrogen and oxygen atoms in total. The number of anilines is 2. The van der Waals surface area contributed by atoms with Crippen molar-refractivity contribution in [3.8, 4) is 0 Å². The van der Waals surface area contributed by atoms with Gasteiger partial charge in [0.15, 0.2) is 5.82 Å². The topological polar surface area (TPSA) is 42.1 Å². The number of thioether (sulfide) groups is 1. The second-order valence-electron chi connectivity index (χ2n) is 3.47. The van der Waals surface area contributed by atoms with Crippen LogP contribution in [0.4, 0.5) is 10.8 Å². The molecule has 2 aromatic heterocycles.